The van der Waals surface area contributed by atoms with Gasteiger partial charge in [-0.1, -0.05) is 19.1 Å². The smallest absolute Gasteiger partial charge is 0.251 e. The summed E-state index contributed by atoms with van der Waals surface area (Å²) in [6.45, 7) is 3.54. The molecule has 0 bridgehead atoms. The van der Waals surface area contributed by atoms with Crippen molar-refractivity contribution in [2.24, 2.45) is 10.7 Å². The number of aromatic nitrogens is 2. The van der Waals surface area contributed by atoms with Crippen molar-refractivity contribution in [3.63, 3.8) is 0 Å². The molecule has 1 atom stereocenters. The second kappa shape index (κ2) is 7.87. The fourth-order valence-electron chi connectivity index (χ4n) is 3.55. The van der Waals surface area contributed by atoms with Crippen LogP contribution in [0.4, 0.5) is 0 Å². The van der Waals surface area contributed by atoms with E-state index in [0.717, 1.165) is 40.7 Å². The van der Waals surface area contributed by atoms with Crippen molar-refractivity contribution in [2.45, 2.75) is 32.4 Å². The van der Waals surface area contributed by atoms with Crippen molar-refractivity contribution < 1.29 is 4.79 Å². The molecule has 1 unspecified atom stereocenters. The van der Waals surface area contributed by atoms with E-state index >= 15 is 0 Å². The molecule has 2 aliphatic heterocycles. The molecule has 4 rings (SSSR count). The normalized spacial score (nSPS) is 21.1. The van der Waals surface area contributed by atoms with E-state index in [1.807, 2.05) is 31.3 Å². The number of nitrogens with zero attached hydrogens (tertiary/aromatic N) is 3. The van der Waals surface area contributed by atoms with Crippen LogP contribution in [0.5, 0.6) is 0 Å². The van der Waals surface area contributed by atoms with E-state index in [9.17, 15) is 9.59 Å². The number of hydrogen-bond acceptors (Lipinski definition) is 5. The molecule has 2 aromatic rings. The second-order valence-electron chi connectivity index (χ2n) is 7.25. The Bertz CT molecular complexity index is 1120. The zero-order valence-corrected chi connectivity index (χ0v) is 16.3. The number of hydrogen-bond donors (Lipinski definition) is 2. The molecule has 0 saturated heterocycles. The zero-order valence-electron chi connectivity index (χ0n) is 16.3. The summed E-state index contributed by atoms with van der Waals surface area (Å²) in [6.07, 6.45) is 12.9. The number of amides is 1. The average molecular weight is 389 g/mol. The lowest BCUT2D eigenvalue weighted by Gasteiger charge is -2.25. The molecule has 1 amide bonds. The first-order valence-corrected chi connectivity index (χ1v) is 9.70. The summed E-state index contributed by atoms with van der Waals surface area (Å²) in [5, 5.41) is 0. The molecule has 2 aliphatic rings. The molecular weight excluding hydrogens is 366 g/mol. The SMILES string of the molecule is CCc1cc2ncc(CN3C=CC(=C4C=CC(C(N)=O)N=C4)CC3)cc2[nH]c1=O. The van der Waals surface area contributed by atoms with Crippen LogP contribution in [0, 0.1) is 0 Å². The van der Waals surface area contributed by atoms with E-state index in [4.69, 9.17) is 5.73 Å². The highest BCUT2D eigenvalue weighted by atomic mass is 16.1. The predicted octanol–water partition coefficient (Wildman–Crippen LogP) is 2.00. The number of aliphatic imine (C=N–C) groups is 1. The monoisotopic (exact) mass is 389 g/mol. The van der Waals surface area contributed by atoms with Crippen molar-refractivity contribution in [3.8, 4) is 0 Å². The van der Waals surface area contributed by atoms with Gasteiger partial charge in [0.2, 0.25) is 5.91 Å². The first-order valence-electron chi connectivity index (χ1n) is 9.70. The van der Waals surface area contributed by atoms with Crippen LogP contribution in [0.1, 0.15) is 24.5 Å². The number of allylic oxidation sites excluding steroid dienone is 3. The fraction of sp³-hybridized carbons (Fsp3) is 0.273. The van der Waals surface area contributed by atoms with Gasteiger partial charge in [0.25, 0.3) is 5.56 Å². The van der Waals surface area contributed by atoms with Crippen LogP contribution in [0.2, 0.25) is 0 Å². The van der Waals surface area contributed by atoms with E-state index in [2.05, 4.69) is 32.1 Å². The van der Waals surface area contributed by atoms with Crippen molar-refractivity contribution in [2.75, 3.05) is 6.54 Å². The molecule has 7 heteroatoms. The van der Waals surface area contributed by atoms with Gasteiger partial charge in [0.1, 0.15) is 6.04 Å². The van der Waals surface area contributed by atoms with Crippen LogP contribution in [-0.2, 0) is 17.8 Å². The molecule has 4 heterocycles. The standard InChI is InChI=1S/C22H23N5O2/c1-2-15-10-19-20(26-22(15)29)9-14(11-24-19)13-27-7-5-16(6-8-27)17-3-4-18(21(23)28)25-12-17/h3-5,7,9-12,18H,2,6,8,13H2,1H3,(H2,23,28)(H,26,29). The number of pyridine rings is 2. The molecule has 0 aliphatic carbocycles. The maximum Gasteiger partial charge on any atom is 0.251 e. The summed E-state index contributed by atoms with van der Waals surface area (Å²) in [5.41, 5.74) is 10.8. The lowest BCUT2D eigenvalue weighted by Crippen LogP contribution is -2.26. The predicted molar refractivity (Wildman–Crippen MR) is 114 cm³/mol. The van der Waals surface area contributed by atoms with Crippen molar-refractivity contribution in [1.82, 2.24) is 14.9 Å². The lowest BCUT2D eigenvalue weighted by molar-refractivity contribution is -0.118. The van der Waals surface area contributed by atoms with E-state index in [1.54, 1.807) is 12.3 Å². The number of nitrogens with one attached hydrogen (secondary N) is 1. The van der Waals surface area contributed by atoms with E-state index in [0.29, 0.717) is 13.0 Å². The fourth-order valence-corrected chi connectivity index (χ4v) is 3.55. The van der Waals surface area contributed by atoms with Crippen LogP contribution in [0.25, 0.3) is 11.0 Å². The molecule has 0 saturated carbocycles. The summed E-state index contributed by atoms with van der Waals surface area (Å²) in [4.78, 5) is 37.1. The van der Waals surface area contributed by atoms with Gasteiger partial charge in [-0.2, -0.15) is 0 Å². The highest BCUT2D eigenvalue weighted by molar-refractivity contribution is 5.91. The van der Waals surface area contributed by atoms with Crippen LogP contribution in [0.15, 0.2) is 63.7 Å². The summed E-state index contributed by atoms with van der Waals surface area (Å²) < 4.78 is 0. The van der Waals surface area contributed by atoms with Gasteiger partial charge in [-0.3, -0.25) is 19.6 Å². The Hall–Kier alpha value is -3.48. The number of carbonyl (C=O) groups excluding carboxylic acids is 1. The number of aromatic amines is 1. The Morgan fingerprint density at radius 3 is 2.86 bits per heavy atom. The minimum Gasteiger partial charge on any atom is -0.373 e. The molecule has 0 fully saturated rings. The molecule has 2 aromatic heterocycles. The van der Waals surface area contributed by atoms with Crippen LogP contribution in [-0.4, -0.2) is 39.6 Å². The van der Waals surface area contributed by atoms with E-state index in [1.165, 1.54) is 5.57 Å². The molecule has 0 radical (unpaired) electrons. The maximum absolute atomic E-state index is 12.1. The highest BCUT2D eigenvalue weighted by Gasteiger charge is 2.15. The van der Waals surface area contributed by atoms with Crippen molar-refractivity contribution in [3.05, 3.63) is 75.4 Å². The van der Waals surface area contributed by atoms with Crippen LogP contribution >= 0.6 is 0 Å². The first kappa shape index (κ1) is 18.9. The highest BCUT2D eigenvalue weighted by Crippen LogP contribution is 2.21. The number of aryl methyl sites for hydroxylation is 1. The Balaban J connectivity index is 1.48. The third-order valence-electron chi connectivity index (χ3n) is 5.24. The van der Waals surface area contributed by atoms with Gasteiger partial charge in [0, 0.05) is 31.1 Å². The largest absolute Gasteiger partial charge is 0.373 e. The summed E-state index contributed by atoms with van der Waals surface area (Å²) >= 11 is 0. The third kappa shape index (κ3) is 4.03. The lowest BCUT2D eigenvalue weighted by atomic mass is 10.00. The van der Waals surface area contributed by atoms with Gasteiger partial charge >= 0.3 is 0 Å². The molecule has 29 heavy (non-hydrogen) atoms. The van der Waals surface area contributed by atoms with Gasteiger partial charge in [-0.15, -0.1) is 0 Å². The van der Waals surface area contributed by atoms with E-state index < -0.39 is 11.9 Å². The third-order valence-corrected chi connectivity index (χ3v) is 5.24. The molecular formula is C22H23N5O2. The minimum absolute atomic E-state index is 0.0474. The second-order valence-corrected chi connectivity index (χ2v) is 7.25. The maximum atomic E-state index is 12.1. The average Bonchev–Trinajstić information content (AvgIpc) is 2.74. The van der Waals surface area contributed by atoms with Gasteiger partial charge in [0.05, 0.1) is 11.0 Å². The van der Waals surface area contributed by atoms with E-state index in [-0.39, 0.29) is 5.56 Å². The molecule has 0 aromatic carbocycles. The topological polar surface area (TPSA) is 104 Å². The molecule has 0 spiro atoms. The zero-order chi connectivity index (χ0) is 20.4. The molecule has 7 nitrogen and oxygen atoms in total. The Labute approximate surface area is 168 Å². The number of primary amides is 1. The van der Waals surface area contributed by atoms with Gasteiger partial charge in [-0.25, -0.2) is 0 Å². The minimum atomic E-state index is -0.566. The summed E-state index contributed by atoms with van der Waals surface area (Å²) in [6, 6.07) is 3.29. The van der Waals surface area contributed by atoms with Crippen LogP contribution in [0.3, 0.4) is 0 Å². The number of rotatable bonds is 4. The summed E-state index contributed by atoms with van der Waals surface area (Å²) in [5.74, 6) is -0.442. The van der Waals surface area contributed by atoms with Crippen molar-refractivity contribution >= 4 is 23.2 Å². The summed E-state index contributed by atoms with van der Waals surface area (Å²) in [7, 11) is 0. The molecule has 148 valence electrons. The quantitative estimate of drug-likeness (QED) is 0.834. The van der Waals surface area contributed by atoms with Gasteiger partial charge < -0.3 is 15.6 Å². The van der Waals surface area contributed by atoms with Gasteiger partial charge in [-0.05, 0) is 54.0 Å². The number of H-pyrrole nitrogens is 1. The first-order chi connectivity index (χ1) is 14.0. The number of fused-ring (bicyclic) bond motifs is 1. The number of dihydropyridines is 1. The van der Waals surface area contributed by atoms with Crippen LogP contribution < -0.4 is 11.3 Å². The Morgan fingerprint density at radius 1 is 1.34 bits per heavy atom. The van der Waals surface area contributed by atoms with Gasteiger partial charge in [0.15, 0.2) is 0 Å². The Morgan fingerprint density at radius 2 is 2.21 bits per heavy atom. The molecule has 3 N–H and O–H groups in total. The Kier molecular flexibility index (Phi) is 5.12. The number of carbonyl (C=O) groups is 1. The van der Waals surface area contributed by atoms with Crippen molar-refractivity contribution in [1.29, 1.82) is 0 Å². The number of nitrogens with two attached hydrogens (primary N) is 1.